The molecule has 0 spiro atoms. The number of carbonyl (C=O) groups is 1. The van der Waals surface area contributed by atoms with Crippen LogP contribution in [0.2, 0.25) is 0 Å². The van der Waals surface area contributed by atoms with Crippen molar-refractivity contribution in [1.29, 1.82) is 0 Å². The minimum atomic E-state index is 0.303. The second-order valence-electron chi connectivity index (χ2n) is 4.19. The van der Waals surface area contributed by atoms with Gasteiger partial charge in [-0.25, -0.2) is 0 Å². The number of hydrogen-bond acceptors (Lipinski definition) is 1. The molecule has 1 nitrogen and oxygen atoms in total. The lowest BCUT2D eigenvalue weighted by molar-refractivity contribution is -0.122. The Kier molecular flexibility index (Phi) is 3.30. The lowest BCUT2D eigenvalue weighted by atomic mass is 9.84. The van der Waals surface area contributed by atoms with E-state index >= 15 is 0 Å². The van der Waals surface area contributed by atoms with Crippen molar-refractivity contribution < 1.29 is 4.79 Å². The van der Waals surface area contributed by atoms with Crippen molar-refractivity contribution in [3.8, 4) is 0 Å². The maximum Gasteiger partial charge on any atom is 0.132 e. The molecule has 2 atom stereocenters. The summed E-state index contributed by atoms with van der Waals surface area (Å²) in [6.45, 7) is 6.04. The van der Waals surface area contributed by atoms with Crippen molar-refractivity contribution >= 4 is 5.78 Å². The fraction of sp³-hybridized carbons (Fsp3) is 0.909. The van der Waals surface area contributed by atoms with Crippen LogP contribution in [-0.4, -0.2) is 5.78 Å². The van der Waals surface area contributed by atoms with E-state index in [4.69, 9.17) is 0 Å². The summed E-state index contributed by atoms with van der Waals surface area (Å²) in [4.78, 5) is 11.2. The van der Waals surface area contributed by atoms with Crippen molar-refractivity contribution in [3.05, 3.63) is 0 Å². The summed E-state index contributed by atoms with van der Waals surface area (Å²) in [6, 6.07) is 0. The lowest BCUT2D eigenvalue weighted by Crippen LogP contribution is -2.20. The molecule has 1 heteroatoms. The highest BCUT2D eigenvalue weighted by atomic mass is 16.1. The Balaban J connectivity index is 2.45. The van der Waals surface area contributed by atoms with Gasteiger partial charge >= 0.3 is 0 Å². The average molecular weight is 168 g/mol. The van der Waals surface area contributed by atoms with E-state index in [9.17, 15) is 4.79 Å². The highest BCUT2D eigenvalue weighted by Gasteiger charge is 2.35. The number of rotatable bonds is 5. The van der Waals surface area contributed by atoms with Gasteiger partial charge in [0.15, 0.2) is 0 Å². The van der Waals surface area contributed by atoms with E-state index < -0.39 is 0 Å². The Morgan fingerprint density at radius 2 is 2.08 bits per heavy atom. The zero-order valence-corrected chi connectivity index (χ0v) is 8.47. The number of ketones is 1. The zero-order valence-electron chi connectivity index (χ0n) is 8.47. The first-order valence-electron chi connectivity index (χ1n) is 5.17. The third-order valence-electron chi connectivity index (χ3n) is 3.13. The van der Waals surface area contributed by atoms with E-state index in [1.165, 1.54) is 25.7 Å². The highest BCUT2D eigenvalue weighted by molar-refractivity contribution is 5.78. The predicted molar refractivity (Wildman–Crippen MR) is 51.0 cm³/mol. The third-order valence-corrected chi connectivity index (χ3v) is 3.13. The predicted octanol–water partition coefficient (Wildman–Crippen LogP) is 3.04. The molecule has 0 aliphatic heterocycles. The van der Waals surface area contributed by atoms with E-state index in [0.29, 0.717) is 17.6 Å². The summed E-state index contributed by atoms with van der Waals surface area (Å²) in [6.07, 6.45) is 5.19. The summed E-state index contributed by atoms with van der Waals surface area (Å²) >= 11 is 0. The van der Waals surface area contributed by atoms with E-state index in [2.05, 4.69) is 13.8 Å². The molecule has 0 saturated heterocycles. The smallest absolute Gasteiger partial charge is 0.132 e. The Morgan fingerprint density at radius 1 is 1.50 bits per heavy atom. The topological polar surface area (TPSA) is 17.1 Å². The molecule has 2 unspecified atom stereocenters. The normalized spacial score (nSPS) is 21.9. The molecular weight excluding hydrogens is 148 g/mol. The first-order chi connectivity index (χ1) is 5.66. The Hall–Kier alpha value is -0.330. The number of hydrogen-bond donors (Lipinski definition) is 0. The summed E-state index contributed by atoms with van der Waals surface area (Å²) in [5.41, 5.74) is 0. The quantitative estimate of drug-likeness (QED) is 0.616. The van der Waals surface area contributed by atoms with Crippen molar-refractivity contribution in [2.24, 2.45) is 17.8 Å². The minimum Gasteiger partial charge on any atom is -0.300 e. The summed E-state index contributed by atoms with van der Waals surface area (Å²) in [7, 11) is 0. The molecule has 0 heterocycles. The van der Waals surface area contributed by atoms with E-state index in [1.54, 1.807) is 6.92 Å². The SMILES string of the molecule is CCCC(C1CC1)C(C)C(C)=O. The van der Waals surface area contributed by atoms with Gasteiger partial charge in [0.2, 0.25) is 0 Å². The molecule has 70 valence electrons. The van der Waals surface area contributed by atoms with Gasteiger partial charge in [0, 0.05) is 5.92 Å². The minimum absolute atomic E-state index is 0.303. The molecule has 1 saturated carbocycles. The first-order valence-corrected chi connectivity index (χ1v) is 5.17. The molecule has 0 aromatic rings. The average Bonchev–Trinajstić information content (AvgIpc) is 2.81. The molecule has 0 N–H and O–H groups in total. The van der Waals surface area contributed by atoms with Gasteiger partial charge in [-0.2, -0.15) is 0 Å². The van der Waals surface area contributed by atoms with E-state index in [-0.39, 0.29) is 0 Å². The highest BCUT2D eigenvalue weighted by Crippen LogP contribution is 2.42. The molecule has 12 heavy (non-hydrogen) atoms. The van der Waals surface area contributed by atoms with Crippen LogP contribution in [0.5, 0.6) is 0 Å². The van der Waals surface area contributed by atoms with Gasteiger partial charge in [-0.15, -0.1) is 0 Å². The molecule has 1 aliphatic rings. The Morgan fingerprint density at radius 3 is 2.42 bits per heavy atom. The summed E-state index contributed by atoms with van der Waals surface area (Å²) < 4.78 is 0. The van der Waals surface area contributed by atoms with Crippen molar-refractivity contribution in [3.63, 3.8) is 0 Å². The van der Waals surface area contributed by atoms with Crippen LogP contribution in [0.3, 0.4) is 0 Å². The monoisotopic (exact) mass is 168 g/mol. The second kappa shape index (κ2) is 4.06. The van der Waals surface area contributed by atoms with Gasteiger partial charge < -0.3 is 0 Å². The number of carbonyl (C=O) groups excluding carboxylic acids is 1. The third kappa shape index (κ3) is 2.33. The van der Waals surface area contributed by atoms with Crippen LogP contribution in [0, 0.1) is 17.8 Å². The molecule has 0 radical (unpaired) electrons. The maximum absolute atomic E-state index is 11.2. The largest absolute Gasteiger partial charge is 0.300 e. The fourth-order valence-electron chi connectivity index (χ4n) is 2.05. The van der Waals surface area contributed by atoms with Crippen LogP contribution in [0.25, 0.3) is 0 Å². The van der Waals surface area contributed by atoms with Crippen LogP contribution < -0.4 is 0 Å². The standard InChI is InChI=1S/C11H20O/c1-4-5-11(10-6-7-10)8(2)9(3)12/h8,10-11H,4-7H2,1-3H3. The molecule has 1 aliphatic carbocycles. The van der Waals surface area contributed by atoms with Gasteiger partial charge in [-0.3, -0.25) is 4.79 Å². The molecule has 0 amide bonds. The van der Waals surface area contributed by atoms with Crippen molar-refractivity contribution in [2.75, 3.05) is 0 Å². The Labute approximate surface area is 75.5 Å². The van der Waals surface area contributed by atoms with Crippen molar-refractivity contribution in [2.45, 2.75) is 46.5 Å². The second-order valence-corrected chi connectivity index (χ2v) is 4.19. The van der Waals surface area contributed by atoms with Gasteiger partial charge in [-0.1, -0.05) is 20.3 Å². The number of Topliss-reactive ketones (excluding diaryl/α,β-unsaturated/α-hetero) is 1. The van der Waals surface area contributed by atoms with Gasteiger partial charge in [0.25, 0.3) is 0 Å². The maximum atomic E-state index is 11.2. The zero-order chi connectivity index (χ0) is 9.14. The molecule has 0 aromatic heterocycles. The fourth-order valence-corrected chi connectivity index (χ4v) is 2.05. The molecule has 1 rings (SSSR count). The van der Waals surface area contributed by atoms with Crippen LogP contribution in [-0.2, 0) is 4.79 Å². The summed E-state index contributed by atoms with van der Waals surface area (Å²) in [5.74, 6) is 2.24. The van der Waals surface area contributed by atoms with Crippen LogP contribution in [0.15, 0.2) is 0 Å². The molecule has 0 bridgehead atoms. The molecular formula is C11H20O. The van der Waals surface area contributed by atoms with Crippen molar-refractivity contribution in [1.82, 2.24) is 0 Å². The molecule has 1 fully saturated rings. The summed E-state index contributed by atoms with van der Waals surface area (Å²) in [5, 5.41) is 0. The van der Waals surface area contributed by atoms with E-state index in [1.807, 2.05) is 0 Å². The molecule has 0 aromatic carbocycles. The lowest BCUT2D eigenvalue weighted by Gasteiger charge is -2.20. The van der Waals surface area contributed by atoms with E-state index in [0.717, 1.165) is 5.92 Å². The van der Waals surface area contributed by atoms with Crippen LogP contribution >= 0.6 is 0 Å². The van der Waals surface area contributed by atoms with Gasteiger partial charge in [0.05, 0.1) is 0 Å². The first kappa shape index (κ1) is 9.76. The Bertz CT molecular complexity index is 158. The van der Waals surface area contributed by atoms with Gasteiger partial charge in [-0.05, 0) is 38.0 Å². The van der Waals surface area contributed by atoms with Gasteiger partial charge in [0.1, 0.15) is 5.78 Å². The van der Waals surface area contributed by atoms with Crippen LogP contribution in [0.4, 0.5) is 0 Å². The van der Waals surface area contributed by atoms with Crippen LogP contribution in [0.1, 0.15) is 46.5 Å².